The average Bonchev–Trinajstić information content (AvgIpc) is 1.77. The lowest BCUT2D eigenvalue weighted by Crippen LogP contribution is -2.66. The summed E-state index contributed by atoms with van der Waals surface area (Å²) in [6.45, 7) is 15.1. The summed E-state index contributed by atoms with van der Waals surface area (Å²) in [5, 5.41) is 0. The van der Waals surface area contributed by atoms with Crippen LogP contribution in [0, 0.1) is 0 Å². The normalized spacial score (nSPS) is 12.3. The number of nitrogens with zero attached hydrogens (tertiary/aromatic N) is 1. The van der Waals surface area contributed by atoms with Crippen LogP contribution < -0.4 is 5.43 Å². The van der Waals surface area contributed by atoms with Crippen molar-refractivity contribution in [1.29, 1.82) is 0 Å². The van der Waals surface area contributed by atoms with E-state index in [1.54, 1.807) is 6.92 Å². The van der Waals surface area contributed by atoms with E-state index in [1.807, 2.05) is 0 Å². The highest BCUT2D eigenvalue weighted by Gasteiger charge is 2.35. The van der Waals surface area contributed by atoms with Crippen LogP contribution in [0.4, 0.5) is 0 Å². The van der Waals surface area contributed by atoms with Crippen LogP contribution in [-0.2, 0) is 4.79 Å². The molecule has 0 saturated heterocycles. The van der Waals surface area contributed by atoms with Gasteiger partial charge in [0.15, 0.2) is 0 Å². The molecule has 0 aliphatic carbocycles. The zero-order chi connectivity index (χ0) is 10.9. The van der Waals surface area contributed by atoms with Gasteiger partial charge in [-0.15, -0.1) is 24.0 Å². The third-order valence-electron chi connectivity index (χ3n) is 1.61. The second-order valence-corrected chi connectivity index (χ2v) is 15.4. The summed E-state index contributed by atoms with van der Waals surface area (Å²) in [5.74, 6) is 0.0462. The van der Waals surface area contributed by atoms with Crippen molar-refractivity contribution >= 4 is 46.4 Å². The zero-order valence-electron chi connectivity index (χ0n) is 10.3. The Bertz CT molecular complexity index is 184. The Kier molecular flexibility index (Phi) is 6.82. The van der Waals surface area contributed by atoms with E-state index in [0.29, 0.717) is 0 Å². The standard InChI is InChI=1S/C8H22N2OSi2.HI/c1-8(11)9-10(12(2,3)4)13(5,6)7;/h1-7H3,(H,9,11);1H. The van der Waals surface area contributed by atoms with Crippen molar-refractivity contribution < 1.29 is 4.79 Å². The van der Waals surface area contributed by atoms with Gasteiger partial charge in [-0.3, -0.25) is 9.13 Å². The number of carbonyl (C=O) groups is 1. The molecular formula is C8H23IN2OSi2. The SMILES string of the molecule is CC(=O)NN([Si](C)(C)C)[Si](C)(C)C.I. The topological polar surface area (TPSA) is 32.3 Å². The highest BCUT2D eigenvalue weighted by molar-refractivity contribution is 14.0. The predicted molar refractivity (Wildman–Crippen MR) is 77.8 cm³/mol. The molecule has 0 rings (SSSR count). The molecule has 6 heteroatoms. The molecule has 0 fully saturated rings. The first kappa shape index (κ1) is 17.0. The monoisotopic (exact) mass is 346 g/mol. The Morgan fingerprint density at radius 2 is 1.29 bits per heavy atom. The van der Waals surface area contributed by atoms with Gasteiger partial charge in [0, 0.05) is 6.92 Å². The number of hydrazine groups is 1. The van der Waals surface area contributed by atoms with Gasteiger partial charge < -0.3 is 5.43 Å². The fourth-order valence-electron chi connectivity index (χ4n) is 1.50. The highest BCUT2D eigenvalue weighted by Crippen LogP contribution is 2.16. The molecule has 0 aromatic heterocycles. The molecule has 0 saturated carbocycles. The summed E-state index contributed by atoms with van der Waals surface area (Å²) < 4.78 is 2.25. The van der Waals surface area contributed by atoms with E-state index in [9.17, 15) is 4.79 Å². The molecule has 0 spiro atoms. The Labute approximate surface area is 107 Å². The Morgan fingerprint density at radius 1 is 1.00 bits per heavy atom. The summed E-state index contributed by atoms with van der Waals surface area (Å²) >= 11 is 0. The molecule has 3 nitrogen and oxygen atoms in total. The Balaban J connectivity index is 0. The molecule has 0 bridgehead atoms. The van der Waals surface area contributed by atoms with Crippen molar-refractivity contribution in [1.82, 2.24) is 9.77 Å². The summed E-state index contributed by atoms with van der Waals surface area (Å²) in [5.41, 5.74) is 2.98. The third-order valence-corrected chi connectivity index (χ3v) is 8.54. The number of halogens is 1. The summed E-state index contributed by atoms with van der Waals surface area (Å²) in [6.07, 6.45) is 0. The van der Waals surface area contributed by atoms with Crippen LogP contribution in [0.5, 0.6) is 0 Å². The molecule has 0 aromatic rings. The quantitative estimate of drug-likeness (QED) is 0.484. The molecule has 0 aliphatic heterocycles. The summed E-state index contributed by atoms with van der Waals surface area (Å²) in [6, 6.07) is 0. The van der Waals surface area contributed by atoms with Crippen molar-refractivity contribution in [3.05, 3.63) is 0 Å². The maximum atomic E-state index is 11.0. The van der Waals surface area contributed by atoms with Crippen LogP contribution >= 0.6 is 24.0 Å². The van der Waals surface area contributed by atoms with E-state index in [-0.39, 0.29) is 29.9 Å². The maximum absolute atomic E-state index is 11.0. The first-order valence-electron chi connectivity index (χ1n) is 4.62. The molecule has 1 N–H and O–H groups in total. The van der Waals surface area contributed by atoms with Crippen LogP contribution in [0.3, 0.4) is 0 Å². The fraction of sp³-hybridized carbons (Fsp3) is 0.875. The van der Waals surface area contributed by atoms with Crippen molar-refractivity contribution in [3.63, 3.8) is 0 Å². The summed E-state index contributed by atoms with van der Waals surface area (Å²) in [4.78, 5) is 11.0. The largest absolute Gasteiger partial charge is 0.302 e. The lowest BCUT2D eigenvalue weighted by atomic mass is 10.8. The van der Waals surface area contributed by atoms with E-state index >= 15 is 0 Å². The number of rotatable bonds is 3. The second-order valence-electron chi connectivity index (χ2n) is 5.35. The minimum absolute atomic E-state index is 0. The Hall–Kier alpha value is 0.594. The van der Waals surface area contributed by atoms with Crippen molar-refractivity contribution in [2.24, 2.45) is 0 Å². The molecule has 0 heterocycles. The van der Waals surface area contributed by atoms with Gasteiger partial charge in [-0.05, 0) is 0 Å². The molecule has 0 unspecified atom stereocenters. The van der Waals surface area contributed by atoms with Gasteiger partial charge in [0.25, 0.3) is 0 Å². The van der Waals surface area contributed by atoms with E-state index < -0.39 is 16.5 Å². The Morgan fingerprint density at radius 3 is 1.36 bits per heavy atom. The van der Waals surface area contributed by atoms with Gasteiger partial charge in [-0.25, -0.2) is 0 Å². The van der Waals surface area contributed by atoms with Crippen LogP contribution in [0.2, 0.25) is 39.3 Å². The van der Waals surface area contributed by atoms with E-state index in [2.05, 4.69) is 49.0 Å². The van der Waals surface area contributed by atoms with Gasteiger partial charge in [0.1, 0.15) is 16.5 Å². The minimum atomic E-state index is -1.42. The minimum Gasteiger partial charge on any atom is -0.302 e. The first-order valence-corrected chi connectivity index (χ1v) is 11.5. The van der Waals surface area contributed by atoms with Crippen molar-refractivity contribution in [3.8, 4) is 0 Å². The number of nitrogens with one attached hydrogen (secondary N) is 1. The highest BCUT2D eigenvalue weighted by atomic mass is 127. The van der Waals surface area contributed by atoms with Gasteiger partial charge in [-0.1, -0.05) is 39.3 Å². The molecule has 0 radical (unpaired) electrons. The maximum Gasteiger partial charge on any atom is 0.230 e. The van der Waals surface area contributed by atoms with Gasteiger partial charge in [0.2, 0.25) is 5.91 Å². The van der Waals surface area contributed by atoms with Crippen LogP contribution in [0.1, 0.15) is 6.92 Å². The van der Waals surface area contributed by atoms with Crippen molar-refractivity contribution in [2.75, 3.05) is 0 Å². The molecule has 0 aliphatic rings. The predicted octanol–water partition coefficient (Wildman–Crippen LogP) is 2.63. The lowest BCUT2D eigenvalue weighted by molar-refractivity contribution is -0.121. The van der Waals surface area contributed by atoms with E-state index in [0.717, 1.165) is 0 Å². The molecule has 1 amide bonds. The fourth-order valence-corrected chi connectivity index (χ4v) is 10.5. The van der Waals surface area contributed by atoms with Crippen LogP contribution in [0.15, 0.2) is 0 Å². The number of hydrogen-bond donors (Lipinski definition) is 1. The van der Waals surface area contributed by atoms with Crippen LogP contribution in [0.25, 0.3) is 0 Å². The first-order chi connectivity index (χ1) is 5.55. The lowest BCUT2D eigenvalue weighted by Gasteiger charge is -2.42. The smallest absolute Gasteiger partial charge is 0.230 e. The molecule has 86 valence electrons. The summed E-state index contributed by atoms with van der Waals surface area (Å²) in [7, 11) is -2.84. The van der Waals surface area contributed by atoms with Crippen molar-refractivity contribution in [2.45, 2.75) is 46.2 Å². The number of carbonyl (C=O) groups excluding carboxylic acids is 1. The molecule has 14 heavy (non-hydrogen) atoms. The van der Waals surface area contributed by atoms with Gasteiger partial charge >= 0.3 is 0 Å². The second kappa shape index (κ2) is 5.62. The zero-order valence-corrected chi connectivity index (χ0v) is 14.6. The van der Waals surface area contributed by atoms with E-state index in [1.165, 1.54) is 0 Å². The third kappa shape index (κ3) is 6.15. The molecule has 0 atom stereocenters. The van der Waals surface area contributed by atoms with Gasteiger partial charge in [-0.2, -0.15) is 0 Å². The van der Waals surface area contributed by atoms with Gasteiger partial charge in [0.05, 0.1) is 0 Å². The van der Waals surface area contributed by atoms with E-state index in [4.69, 9.17) is 0 Å². The average molecular weight is 346 g/mol. The molecular weight excluding hydrogens is 323 g/mol. The van der Waals surface area contributed by atoms with Crippen LogP contribution in [-0.4, -0.2) is 26.7 Å². The molecule has 0 aromatic carbocycles. The number of hydrogen-bond acceptors (Lipinski definition) is 2. The number of amides is 1.